The third-order valence-electron chi connectivity index (χ3n) is 1.53. The van der Waals surface area contributed by atoms with Gasteiger partial charge >= 0.3 is 0 Å². The number of nitrogens with zero attached hydrogens (tertiary/aromatic N) is 1. The monoisotopic (exact) mass is 275 g/mol. The Balaban J connectivity index is 3.04. The van der Waals surface area contributed by atoms with Gasteiger partial charge in [0.25, 0.3) is 0 Å². The number of rotatable bonds is 2. The molecular weight excluding hydrogens is 265 g/mol. The van der Waals surface area contributed by atoms with Crippen LogP contribution in [0.25, 0.3) is 6.08 Å². The molecule has 0 aliphatic carbocycles. The highest BCUT2D eigenvalue weighted by Gasteiger charge is 2.02. The highest BCUT2D eigenvalue weighted by molar-refractivity contribution is 14.1. The molecule has 0 aromatic carbocycles. The number of allylic oxidation sites excluding steroid dienone is 1. The van der Waals surface area contributed by atoms with Crippen molar-refractivity contribution < 1.29 is 0 Å². The number of nitrogens with one attached hydrogen (secondary N) is 1. The van der Waals surface area contributed by atoms with Crippen molar-refractivity contribution in [3.8, 4) is 0 Å². The molecule has 12 heavy (non-hydrogen) atoms. The van der Waals surface area contributed by atoms with Crippen molar-refractivity contribution in [3.05, 3.63) is 33.3 Å². The number of hydrogen-bond donors (Lipinski definition) is 2. The summed E-state index contributed by atoms with van der Waals surface area (Å²) in [5, 5.41) is 6.94. The fourth-order valence-corrected chi connectivity index (χ4v) is 1.14. The quantitative estimate of drug-likeness (QED) is 0.639. The van der Waals surface area contributed by atoms with Crippen LogP contribution in [0, 0.1) is 10.6 Å². The van der Waals surface area contributed by atoms with Crippen molar-refractivity contribution in [1.29, 1.82) is 0 Å². The summed E-state index contributed by atoms with van der Waals surface area (Å²) in [5.41, 5.74) is 8.18. The van der Waals surface area contributed by atoms with Gasteiger partial charge in [0, 0.05) is 11.3 Å². The summed E-state index contributed by atoms with van der Waals surface area (Å²) in [6, 6.07) is 0. The number of nitrogens with two attached hydrogens (primary N) is 1. The Hall–Kier alpha value is -0.780. The van der Waals surface area contributed by atoms with E-state index in [1.54, 1.807) is 12.2 Å². The molecule has 0 amide bonds. The Morgan fingerprint density at radius 3 is 2.83 bits per heavy atom. The van der Waals surface area contributed by atoms with E-state index in [2.05, 4.69) is 39.4 Å². The molecule has 0 spiro atoms. The van der Waals surface area contributed by atoms with Crippen molar-refractivity contribution in [1.82, 2.24) is 10.2 Å². The molecule has 0 aliphatic rings. The maximum atomic E-state index is 5.57. The first-order valence-corrected chi connectivity index (χ1v) is 4.53. The average molecular weight is 275 g/mol. The number of hydrogen-bond acceptors (Lipinski definition) is 2. The smallest absolute Gasteiger partial charge is 0.0992 e. The van der Waals surface area contributed by atoms with Gasteiger partial charge in [-0.1, -0.05) is 6.58 Å². The number of H-pyrrole nitrogens is 1. The minimum Gasteiger partial charge on any atom is -0.399 e. The third-order valence-corrected chi connectivity index (χ3v) is 2.58. The molecule has 3 nitrogen and oxygen atoms in total. The maximum absolute atomic E-state index is 5.57. The van der Waals surface area contributed by atoms with E-state index in [1.807, 2.05) is 6.92 Å². The van der Waals surface area contributed by atoms with Crippen LogP contribution in [-0.4, -0.2) is 10.2 Å². The predicted octanol–water partition coefficient (Wildman–Crippen LogP) is 1.81. The van der Waals surface area contributed by atoms with Gasteiger partial charge in [0.1, 0.15) is 0 Å². The molecule has 0 saturated heterocycles. The molecule has 0 fully saturated rings. The predicted molar refractivity (Wildman–Crippen MR) is 58.4 cm³/mol. The molecule has 0 radical (unpaired) electrons. The van der Waals surface area contributed by atoms with Gasteiger partial charge in [-0.3, -0.25) is 5.10 Å². The summed E-state index contributed by atoms with van der Waals surface area (Å²) >= 11 is 2.19. The zero-order valence-electron chi connectivity index (χ0n) is 6.76. The first kappa shape index (κ1) is 9.31. The van der Waals surface area contributed by atoms with Crippen LogP contribution in [0.2, 0.25) is 0 Å². The lowest BCUT2D eigenvalue weighted by molar-refractivity contribution is 1.06. The van der Waals surface area contributed by atoms with Crippen LogP contribution < -0.4 is 5.73 Å². The molecular formula is C8H10IN3. The zero-order valence-corrected chi connectivity index (χ0v) is 8.92. The van der Waals surface area contributed by atoms with Gasteiger partial charge < -0.3 is 5.73 Å². The molecule has 0 atom stereocenters. The first-order valence-electron chi connectivity index (χ1n) is 3.45. The maximum Gasteiger partial charge on any atom is 0.0992 e. The molecule has 4 heteroatoms. The molecule has 0 saturated carbocycles. The summed E-state index contributed by atoms with van der Waals surface area (Å²) in [5.74, 6) is 0. The second kappa shape index (κ2) is 3.75. The van der Waals surface area contributed by atoms with E-state index >= 15 is 0 Å². The topological polar surface area (TPSA) is 54.7 Å². The Bertz CT molecular complexity index is 325. The highest BCUT2D eigenvalue weighted by Crippen LogP contribution is 2.13. The van der Waals surface area contributed by atoms with Gasteiger partial charge in [-0.2, -0.15) is 5.10 Å². The van der Waals surface area contributed by atoms with Gasteiger partial charge in [0.2, 0.25) is 0 Å². The largest absolute Gasteiger partial charge is 0.399 e. The van der Waals surface area contributed by atoms with E-state index in [4.69, 9.17) is 5.73 Å². The second-order valence-corrected chi connectivity index (χ2v) is 3.48. The van der Waals surface area contributed by atoms with Gasteiger partial charge in [-0.25, -0.2) is 0 Å². The lowest BCUT2D eigenvalue weighted by atomic mass is 10.2. The molecule has 0 bridgehead atoms. The van der Waals surface area contributed by atoms with Gasteiger partial charge in [-0.05, 0) is 41.7 Å². The Morgan fingerprint density at radius 1 is 1.75 bits per heavy atom. The van der Waals surface area contributed by atoms with Crippen molar-refractivity contribution >= 4 is 28.7 Å². The first-order chi connectivity index (χ1) is 5.65. The third kappa shape index (κ3) is 1.88. The second-order valence-electron chi connectivity index (χ2n) is 2.40. The molecule has 1 aromatic rings. The van der Waals surface area contributed by atoms with Crippen LogP contribution in [-0.2, 0) is 0 Å². The van der Waals surface area contributed by atoms with Crippen molar-refractivity contribution in [3.63, 3.8) is 0 Å². The summed E-state index contributed by atoms with van der Waals surface area (Å²) in [6.07, 6.45) is 3.39. The molecule has 1 aromatic heterocycles. The Kier molecular flexibility index (Phi) is 2.91. The Morgan fingerprint density at radius 2 is 2.42 bits per heavy atom. The van der Waals surface area contributed by atoms with Crippen LogP contribution in [0.5, 0.6) is 0 Å². The highest BCUT2D eigenvalue weighted by atomic mass is 127. The van der Waals surface area contributed by atoms with Gasteiger partial charge in [0.05, 0.1) is 9.39 Å². The molecule has 0 aliphatic heterocycles. The minimum absolute atomic E-state index is 0.626. The van der Waals surface area contributed by atoms with Crippen LogP contribution in [0.4, 0.5) is 0 Å². The fourth-order valence-electron chi connectivity index (χ4n) is 0.747. The number of aromatic amines is 1. The molecule has 64 valence electrons. The molecule has 3 N–H and O–H groups in total. The zero-order chi connectivity index (χ0) is 9.14. The van der Waals surface area contributed by atoms with Crippen LogP contribution >= 0.6 is 22.6 Å². The van der Waals surface area contributed by atoms with E-state index in [0.29, 0.717) is 5.70 Å². The van der Waals surface area contributed by atoms with Crippen LogP contribution in [0.1, 0.15) is 11.3 Å². The summed E-state index contributed by atoms with van der Waals surface area (Å²) in [4.78, 5) is 0. The van der Waals surface area contributed by atoms with E-state index in [-0.39, 0.29) is 0 Å². The van der Waals surface area contributed by atoms with E-state index in [9.17, 15) is 0 Å². The lowest BCUT2D eigenvalue weighted by Crippen LogP contribution is -1.92. The van der Waals surface area contributed by atoms with Crippen LogP contribution in [0.15, 0.2) is 18.4 Å². The minimum atomic E-state index is 0.626. The summed E-state index contributed by atoms with van der Waals surface area (Å²) in [7, 11) is 0. The van der Waals surface area contributed by atoms with E-state index < -0.39 is 0 Å². The number of aromatic nitrogens is 2. The fraction of sp³-hybridized carbons (Fsp3) is 0.125. The number of halogens is 1. The van der Waals surface area contributed by atoms with Gasteiger partial charge in [-0.15, -0.1) is 0 Å². The van der Waals surface area contributed by atoms with Crippen molar-refractivity contribution in [2.75, 3.05) is 0 Å². The molecule has 0 unspecified atom stereocenters. The summed E-state index contributed by atoms with van der Waals surface area (Å²) < 4.78 is 1.04. The normalized spacial score (nSPS) is 11.7. The van der Waals surface area contributed by atoms with E-state index in [0.717, 1.165) is 15.0 Å². The van der Waals surface area contributed by atoms with Crippen LogP contribution in [0.3, 0.4) is 0 Å². The average Bonchev–Trinajstić information content (AvgIpc) is 2.36. The lowest BCUT2D eigenvalue weighted by Gasteiger charge is -1.91. The summed E-state index contributed by atoms with van der Waals surface area (Å²) in [6.45, 7) is 5.55. The standard InChI is InChI=1S/C8H10IN3/c1-3-6(10)4-7-5(2)8(9)12-11-7/h3-4H,1,10H2,2H3,(H,11,12)/b6-4+. The van der Waals surface area contributed by atoms with Crippen molar-refractivity contribution in [2.45, 2.75) is 6.92 Å². The Labute approximate surface area is 84.9 Å². The van der Waals surface area contributed by atoms with E-state index in [1.165, 1.54) is 0 Å². The molecule has 1 heterocycles. The van der Waals surface area contributed by atoms with Gasteiger partial charge in [0.15, 0.2) is 0 Å². The molecule has 1 rings (SSSR count). The van der Waals surface area contributed by atoms with Crippen molar-refractivity contribution in [2.24, 2.45) is 5.73 Å². The SMILES string of the molecule is C=C/C(N)=C\c1n[nH]c(I)c1C.